The number of hydrogen-bond donors (Lipinski definition) is 0. The zero-order chi connectivity index (χ0) is 22.6. The summed E-state index contributed by atoms with van der Waals surface area (Å²) in [5.41, 5.74) is 9.22. The lowest BCUT2D eigenvalue weighted by Crippen LogP contribution is -2.09. The highest BCUT2D eigenvalue weighted by Crippen LogP contribution is 2.43. The molecule has 0 N–H and O–H groups in total. The van der Waals surface area contributed by atoms with Gasteiger partial charge in [0.15, 0.2) is 6.73 Å². The van der Waals surface area contributed by atoms with Gasteiger partial charge in [-0.1, -0.05) is 91.0 Å². The van der Waals surface area contributed by atoms with Crippen LogP contribution in [0.3, 0.4) is 0 Å². The molecule has 2 heteroatoms. The second kappa shape index (κ2) is 9.22. The molecule has 4 aromatic carbocycles. The Bertz CT molecular complexity index is 1270. The van der Waals surface area contributed by atoms with Gasteiger partial charge in [0.25, 0.3) is 0 Å². The number of aryl methyl sites for hydroxylation is 2. The van der Waals surface area contributed by atoms with E-state index in [1.807, 2.05) is 0 Å². The summed E-state index contributed by atoms with van der Waals surface area (Å²) in [7, 11) is 0. The smallest absolute Gasteiger partial charge is 0.165 e. The molecule has 0 saturated carbocycles. The van der Waals surface area contributed by atoms with E-state index in [1.54, 1.807) is 0 Å². The van der Waals surface area contributed by atoms with Crippen LogP contribution in [0.5, 0.6) is 5.75 Å². The van der Waals surface area contributed by atoms with Crippen LogP contribution in [0.1, 0.15) is 11.4 Å². The molecule has 5 rings (SSSR count). The summed E-state index contributed by atoms with van der Waals surface area (Å²) < 4.78 is 8.84. The first kappa shape index (κ1) is 20.8. The molecule has 0 aliphatic rings. The maximum Gasteiger partial charge on any atom is 0.165 e. The quantitative estimate of drug-likeness (QED) is 0.266. The van der Waals surface area contributed by atoms with Crippen LogP contribution in [-0.2, 0) is 6.73 Å². The van der Waals surface area contributed by atoms with E-state index in [2.05, 4.69) is 134 Å². The van der Waals surface area contributed by atoms with Crippen LogP contribution in [0.2, 0.25) is 0 Å². The fourth-order valence-corrected chi connectivity index (χ4v) is 4.28. The second-order valence-corrected chi connectivity index (χ2v) is 8.32. The van der Waals surface area contributed by atoms with E-state index in [0.717, 1.165) is 28.0 Å². The van der Waals surface area contributed by atoms with Gasteiger partial charge in [-0.05, 0) is 60.4 Å². The predicted molar refractivity (Wildman–Crippen MR) is 137 cm³/mol. The molecule has 0 radical (unpaired) electrons. The number of ether oxygens (including phenoxy) is 1. The van der Waals surface area contributed by atoms with E-state index in [1.165, 1.54) is 22.5 Å². The first-order valence-electron chi connectivity index (χ1n) is 11.3. The van der Waals surface area contributed by atoms with Gasteiger partial charge in [-0.25, -0.2) is 0 Å². The van der Waals surface area contributed by atoms with Gasteiger partial charge in [-0.2, -0.15) is 0 Å². The summed E-state index contributed by atoms with van der Waals surface area (Å²) in [5.74, 6) is 0.902. The maximum absolute atomic E-state index is 6.64. The van der Waals surface area contributed by atoms with E-state index in [-0.39, 0.29) is 0 Å². The minimum absolute atomic E-state index is 0.467. The van der Waals surface area contributed by atoms with Crippen molar-refractivity contribution in [3.8, 4) is 39.1 Å². The van der Waals surface area contributed by atoms with Crippen molar-refractivity contribution in [2.45, 2.75) is 20.6 Å². The summed E-state index contributed by atoms with van der Waals surface area (Å²) in [6, 6.07) is 40.3. The first-order valence-corrected chi connectivity index (χ1v) is 11.3. The summed E-state index contributed by atoms with van der Waals surface area (Å²) in [5, 5.41) is 0. The number of aromatic nitrogens is 1. The Morgan fingerprint density at radius 3 is 1.39 bits per heavy atom. The van der Waals surface area contributed by atoms with E-state index in [9.17, 15) is 0 Å². The van der Waals surface area contributed by atoms with Gasteiger partial charge in [0.05, 0.1) is 0 Å². The van der Waals surface area contributed by atoms with Crippen LogP contribution < -0.4 is 4.74 Å². The molecular formula is C31H27NO. The van der Waals surface area contributed by atoms with Gasteiger partial charge >= 0.3 is 0 Å². The molecule has 0 atom stereocenters. The highest BCUT2D eigenvalue weighted by Gasteiger charge is 2.17. The van der Waals surface area contributed by atoms with Crippen molar-refractivity contribution in [3.05, 3.63) is 127 Å². The fraction of sp³-hybridized carbons (Fsp3) is 0.0968. The average molecular weight is 430 g/mol. The minimum atomic E-state index is 0.467. The van der Waals surface area contributed by atoms with Crippen molar-refractivity contribution in [3.63, 3.8) is 0 Å². The van der Waals surface area contributed by atoms with Gasteiger partial charge in [0, 0.05) is 22.5 Å². The van der Waals surface area contributed by atoms with Crippen molar-refractivity contribution in [1.82, 2.24) is 4.57 Å². The summed E-state index contributed by atoms with van der Waals surface area (Å²) in [6.07, 6.45) is 0. The van der Waals surface area contributed by atoms with Crippen molar-refractivity contribution >= 4 is 0 Å². The van der Waals surface area contributed by atoms with Gasteiger partial charge in [-0.3, -0.25) is 0 Å². The Hall–Kier alpha value is -4.04. The lowest BCUT2D eigenvalue weighted by molar-refractivity contribution is 0.234. The highest BCUT2D eigenvalue weighted by molar-refractivity contribution is 5.88. The largest absolute Gasteiger partial charge is 0.471 e. The summed E-state index contributed by atoms with van der Waals surface area (Å²) >= 11 is 0. The molecule has 1 heterocycles. The van der Waals surface area contributed by atoms with Crippen LogP contribution in [0.25, 0.3) is 33.4 Å². The monoisotopic (exact) mass is 429 g/mol. The molecular weight excluding hydrogens is 402 g/mol. The highest BCUT2D eigenvalue weighted by atomic mass is 16.5. The molecule has 5 aromatic rings. The zero-order valence-corrected chi connectivity index (χ0v) is 19.0. The molecule has 162 valence electrons. The van der Waals surface area contributed by atoms with E-state index in [4.69, 9.17) is 4.74 Å². The molecule has 2 nitrogen and oxygen atoms in total. The molecule has 0 unspecified atom stereocenters. The van der Waals surface area contributed by atoms with Gasteiger partial charge in [0.2, 0.25) is 0 Å². The molecule has 0 aliphatic carbocycles. The van der Waals surface area contributed by atoms with Gasteiger partial charge in [0.1, 0.15) is 5.75 Å². The normalized spacial score (nSPS) is 10.8. The SMILES string of the molecule is Cc1ccc(C)n1COc1c(-c2ccccc2)cc(-c2ccccc2)cc1-c1ccccc1. The Kier molecular flexibility index (Phi) is 5.82. The maximum atomic E-state index is 6.64. The fourth-order valence-electron chi connectivity index (χ4n) is 4.28. The van der Waals surface area contributed by atoms with Crippen LogP contribution >= 0.6 is 0 Å². The Labute approximate surface area is 195 Å². The second-order valence-electron chi connectivity index (χ2n) is 8.32. The number of nitrogens with zero attached hydrogens (tertiary/aromatic N) is 1. The molecule has 0 bridgehead atoms. The van der Waals surface area contributed by atoms with E-state index >= 15 is 0 Å². The molecule has 0 amide bonds. The molecule has 0 saturated heterocycles. The van der Waals surface area contributed by atoms with E-state index in [0.29, 0.717) is 6.73 Å². The van der Waals surface area contributed by atoms with Crippen molar-refractivity contribution in [2.24, 2.45) is 0 Å². The zero-order valence-electron chi connectivity index (χ0n) is 19.0. The standard InChI is InChI=1S/C31H27NO/c1-23-18-19-24(2)32(23)22-33-31-29(26-14-8-4-9-15-26)20-28(25-12-6-3-7-13-25)21-30(31)27-16-10-5-11-17-27/h3-21H,22H2,1-2H3. The number of rotatable bonds is 6. The minimum Gasteiger partial charge on any atom is -0.471 e. The Morgan fingerprint density at radius 2 is 0.939 bits per heavy atom. The Morgan fingerprint density at radius 1 is 0.515 bits per heavy atom. The van der Waals surface area contributed by atoms with Crippen molar-refractivity contribution < 1.29 is 4.74 Å². The third-order valence-electron chi connectivity index (χ3n) is 6.12. The van der Waals surface area contributed by atoms with E-state index < -0.39 is 0 Å². The van der Waals surface area contributed by atoms with Crippen LogP contribution in [-0.4, -0.2) is 4.57 Å². The summed E-state index contributed by atoms with van der Waals surface area (Å²) in [6.45, 7) is 4.70. The lowest BCUT2D eigenvalue weighted by Gasteiger charge is -2.20. The number of benzene rings is 4. The topological polar surface area (TPSA) is 14.2 Å². The van der Waals surface area contributed by atoms with Crippen LogP contribution in [0.15, 0.2) is 115 Å². The van der Waals surface area contributed by atoms with Crippen LogP contribution in [0, 0.1) is 13.8 Å². The molecule has 0 aliphatic heterocycles. The number of hydrogen-bond acceptors (Lipinski definition) is 1. The third kappa shape index (κ3) is 4.33. The lowest BCUT2D eigenvalue weighted by atomic mass is 9.92. The Balaban J connectivity index is 1.72. The van der Waals surface area contributed by atoms with Gasteiger partial charge in [-0.15, -0.1) is 0 Å². The first-order chi connectivity index (χ1) is 16.2. The summed E-state index contributed by atoms with van der Waals surface area (Å²) in [4.78, 5) is 0. The van der Waals surface area contributed by atoms with Crippen molar-refractivity contribution in [2.75, 3.05) is 0 Å². The third-order valence-corrected chi connectivity index (χ3v) is 6.12. The molecule has 0 spiro atoms. The van der Waals surface area contributed by atoms with Gasteiger partial charge < -0.3 is 9.30 Å². The molecule has 0 fully saturated rings. The molecule has 1 aromatic heterocycles. The van der Waals surface area contributed by atoms with Crippen LogP contribution in [0.4, 0.5) is 0 Å². The average Bonchev–Trinajstić information content (AvgIpc) is 3.20. The predicted octanol–water partition coefficient (Wildman–Crippen LogP) is 8.14. The molecule has 33 heavy (non-hydrogen) atoms. The van der Waals surface area contributed by atoms with Crippen molar-refractivity contribution in [1.29, 1.82) is 0 Å².